The Labute approximate surface area is 110 Å². The van der Waals surface area contributed by atoms with Crippen LogP contribution in [0.5, 0.6) is 0 Å². The number of nitrogens with zero attached hydrogens (tertiary/aromatic N) is 3. The van der Waals surface area contributed by atoms with E-state index in [1.165, 1.54) is 0 Å². The molecule has 7 nitrogen and oxygen atoms in total. The predicted molar refractivity (Wildman–Crippen MR) is 72.0 cm³/mol. The maximum Gasteiger partial charge on any atom is 0.280 e. The van der Waals surface area contributed by atoms with Crippen molar-refractivity contribution in [3.63, 3.8) is 0 Å². The molecule has 1 amide bonds. The molecule has 0 radical (unpaired) electrons. The molecule has 0 aliphatic carbocycles. The highest BCUT2D eigenvalue weighted by atomic mass is 16.2. The molecule has 0 bridgehead atoms. The molecule has 2 aromatic rings. The minimum Gasteiger partial charge on any atom is -0.312 e. The number of fused-ring (bicyclic) bond motifs is 1. The van der Waals surface area contributed by atoms with Crippen molar-refractivity contribution in [2.75, 3.05) is 5.32 Å². The van der Waals surface area contributed by atoms with Gasteiger partial charge in [0.15, 0.2) is 11.2 Å². The second-order valence-corrected chi connectivity index (χ2v) is 4.98. The Morgan fingerprint density at radius 2 is 2.05 bits per heavy atom. The van der Waals surface area contributed by atoms with Crippen LogP contribution in [-0.4, -0.2) is 25.4 Å². The molecule has 2 N–H and O–H groups in total. The smallest absolute Gasteiger partial charge is 0.280 e. The van der Waals surface area contributed by atoms with Gasteiger partial charge in [-0.15, -0.1) is 0 Å². The van der Waals surface area contributed by atoms with Crippen molar-refractivity contribution in [3.05, 3.63) is 16.7 Å². The summed E-state index contributed by atoms with van der Waals surface area (Å²) in [5.74, 6) is -0.229. The molecule has 102 valence electrons. The molecule has 2 rings (SSSR count). The number of aromatic nitrogens is 4. The Balaban J connectivity index is 2.50. The number of nitrogens with one attached hydrogen (secondary N) is 2. The minimum atomic E-state index is -0.358. The fourth-order valence-corrected chi connectivity index (χ4v) is 1.62. The second-order valence-electron chi connectivity index (χ2n) is 4.98. The molecule has 0 atom stereocenters. The molecular weight excluding hydrogens is 246 g/mol. The topological polar surface area (TPSA) is 92.7 Å². The van der Waals surface area contributed by atoms with Gasteiger partial charge >= 0.3 is 0 Å². The van der Waals surface area contributed by atoms with Crippen LogP contribution in [0.4, 0.5) is 5.95 Å². The van der Waals surface area contributed by atoms with Gasteiger partial charge in [0.05, 0.1) is 6.33 Å². The summed E-state index contributed by atoms with van der Waals surface area (Å²) in [4.78, 5) is 34.3. The number of anilines is 1. The molecule has 7 heteroatoms. The lowest BCUT2D eigenvalue weighted by Gasteiger charge is -2.09. The van der Waals surface area contributed by atoms with E-state index in [9.17, 15) is 9.59 Å². The van der Waals surface area contributed by atoms with Crippen LogP contribution in [0.1, 0.15) is 33.7 Å². The number of hydrogen-bond donors (Lipinski definition) is 2. The van der Waals surface area contributed by atoms with Crippen LogP contribution in [0.15, 0.2) is 11.1 Å². The highest BCUT2D eigenvalue weighted by Crippen LogP contribution is 2.13. The molecule has 0 unspecified atom stereocenters. The van der Waals surface area contributed by atoms with Crippen molar-refractivity contribution < 1.29 is 4.79 Å². The zero-order chi connectivity index (χ0) is 14.2. The third kappa shape index (κ3) is 2.49. The fourth-order valence-electron chi connectivity index (χ4n) is 1.62. The number of H-pyrrole nitrogens is 1. The minimum absolute atomic E-state index is 0.132. The number of aromatic amines is 1. The van der Waals surface area contributed by atoms with Crippen LogP contribution >= 0.6 is 0 Å². The van der Waals surface area contributed by atoms with Crippen LogP contribution in [0.2, 0.25) is 0 Å². The Morgan fingerprint density at radius 1 is 1.37 bits per heavy atom. The Kier molecular flexibility index (Phi) is 3.37. The molecule has 0 aliphatic rings. The summed E-state index contributed by atoms with van der Waals surface area (Å²) < 4.78 is 1.79. The van der Waals surface area contributed by atoms with Gasteiger partial charge in [0, 0.05) is 12.0 Å². The van der Waals surface area contributed by atoms with Gasteiger partial charge in [-0.3, -0.25) is 19.9 Å². The largest absolute Gasteiger partial charge is 0.312 e. The molecule has 0 fully saturated rings. The fraction of sp³-hybridized carbons (Fsp3) is 0.500. The zero-order valence-electron chi connectivity index (χ0n) is 11.4. The van der Waals surface area contributed by atoms with E-state index in [-0.39, 0.29) is 34.9 Å². The summed E-state index contributed by atoms with van der Waals surface area (Å²) in [7, 11) is 0. The molecule has 0 aliphatic heterocycles. The van der Waals surface area contributed by atoms with E-state index in [1.807, 2.05) is 13.8 Å². The van der Waals surface area contributed by atoms with Gasteiger partial charge < -0.3 is 4.57 Å². The van der Waals surface area contributed by atoms with Crippen LogP contribution in [-0.2, 0) is 4.79 Å². The van der Waals surface area contributed by atoms with Gasteiger partial charge in [-0.1, -0.05) is 13.8 Å². The summed E-state index contributed by atoms with van der Waals surface area (Å²) >= 11 is 0. The summed E-state index contributed by atoms with van der Waals surface area (Å²) in [5, 5.41) is 2.58. The number of carbonyl (C=O) groups is 1. The standard InChI is InChI=1S/C12H17N5O2/c1-6(2)10(18)15-12-14-9-8(11(19)16-12)13-5-17(9)7(3)4/h5-7H,1-4H3,(H2,14,15,16,18,19). The predicted octanol–water partition coefficient (Wildman–Crippen LogP) is 1.29. The first kappa shape index (κ1) is 13.3. The van der Waals surface area contributed by atoms with Crippen molar-refractivity contribution in [2.45, 2.75) is 33.7 Å². The summed E-state index contributed by atoms with van der Waals surface area (Å²) in [6, 6.07) is 0.132. The van der Waals surface area contributed by atoms with E-state index in [0.717, 1.165) is 0 Å². The van der Waals surface area contributed by atoms with Crippen LogP contribution < -0.4 is 10.9 Å². The lowest BCUT2D eigenvalue weighted by atomic mass is 10.2. The summed E-state index contributed by atoms with van der Waals surface area (Å²) in [5.41, 5.74) is 0.387. The molecule has 2 heterocycles. The number of hydrogen-bond acceptors (Lipinski definition) is 4. The molecule has 0 saturated carbocycles. The average molecular weight is 263 g/mol. The van der Waals surface area contributed by atoms with Crippen LogP contribution in [0.25, 0.3) is 11.2 Å². The van der Waals surface area contributed by atoms with Crippen molar-refractivity contribution in [1.82, 2.24) is 19.5 Å². The molecule has 0 aromatic carbocycles. The highest BCUT2D eigenvalue weighted by Gasteiger charge is 2.14. The SMILES string of the molecule is CC(C)C(=O)Nc1nc2c(ncn2C(C)C)c(=O)[nH]1. The van der Waals surface area contributed by atoms with Crippen molar-refractivity contribution >= 4 is 23.0 Å². The van der Waals surface area contributed by atoms with Gasteiger partial charge in [0.1, 0.15) is 0 Å². The average Bonchev–Trinajstić information content (AvgIpc) is 2.72. The van der Waals surface area contributed by atoms with E-state index in [1.54, 1.807) is 24.7 Å². The van der Waals surface area contributed by atoms with E-state index in [4.69, 9.17) is 0 Å². The lowest BCUT2D eigenvalue weighted by molar-refractivity contribution is -0.118. The molecule has 0 spiro atoms. The summed E-state index contributed by atoms with van der Waals surface area (Å²) in [6.07, 6.45) is 1.58. The zero-order valence-corrected chi connectivity index (χ0v) is 11.4. The first-order chi connectivity index (χ1) is 8.90. The molecule has 19 heavy (non-hydrogen) atoms. The lowest BCUT2D eigenvalue weighted by Crippen LogP contribution is -2.22. The Morgan fingerprint density at radius 3 is 2.63 bits per heavy atom. The number of carbonyl (C=O) groups excluding carboxylic acids is 1. The monoisotopic (exact) mass is 263 g/mol. The maximum atomic E-state index is 11.9. The Hall–Kier alpha value is -2.18. The van der Waals surface area contributed by atoms with Crippen molar-refractivity contribution in [1.29, 1.82) is 0 Å². The first-order valence-corrected chi connectivity index (χ1v) is 6.18. The number of rotatable bonds is 3. The van der Waals surface area contributed by atoms with Crippen LogP contribution in [0.3, 0.4) is 0 Å². The maximum absolute atomic E-state index is 11.9. The van der Waals surface area contributed by atoms with Gasteiger partial charge in [-0.2, -0.15) is 4.98 Å². The molecule has 2 aromatic heterocycles. The van der Waals surface area contributed by atoms with Gasteiger partial charge in [0.2, 0.25) is 11.9 Å². The van der Waals surface area contributed by atoms with E-state index >= 15 is 0 Å². The second kappa shape index (κ2) is 4.83. The van der Waals surface area contributed by atoms with Gasteiger partial charge in [-0.25, -0.2) is 4.98 Å². The highest BCUT2D eigenvalue weighted by molar-refractivity contribution is 5.91. The summed E-state index contributed by atoms with van der Waals surface area (Å²) in [6.45, 7) is 7.47. The van der Waals surface area contributed by atoms with Crippen molar-refractivity contribution in [2.24, 2.45) is 5.92 Å². The van der Waals surface area contributed by atoms with E-state index < -0.39 is 0 Å². The first-order valence-electron chi connectivity index (χ1n) is 6.18. The van der Waals surface area contributed by atoms with Crippen LogP contribution in [0, 0.1) is 5.92 Å². The quantitative estimate of drug-likeness (QED) is 0.872. The van der Waals surface area contributed by atoms with E-state index in [0.29, 0.717) is 5.65 Å². The van der Waals surface area contributed by atoms with Gasteiger partial charge in [0.25, 0.3) is 5.56 Å². The third-order valence-corrected chi connectivity index (χ3v) is 2.75. The number of amides is 1. The third-order valence-electron chi connectivity index (χ3n) is 2.75. The van der Waals surface area contributed by atoms with Gasteiger partial charge in [-0.05, 0) is 13.8 Å². The van der Waals surface area contributed by atoms with E-state index in [2.05, 4.69) is 20.3 Å². The number of imidazole rings is 1. The molecular formula is C12H17N5O2. The van der Waals surface area contributed by atoms with Crippen molar-refractivity contribution in [3.8, 4) is 0 Å². The normalized spacial score (nSPS) is 11.5. The molecule has 0 saturated heterocycles. The Bertz CT molecular complexity index is 668.